The van der Waals surface area contributed by atoms with Gasteiger partial charge in [0.2, 0.25) is 11.8 Å². The average molecular weight is 489 g/mol. The number of halogens is 1. The first-order valence-electron chi connectivity index (χ1n) is 10.9. The number of hydrogen-bond donors (Lipinski definition) is 2. The van der Waals surface area contributed by atoms with Gasteiger partial charge >= 0.3 is 5.97 Å². The lowest BCUT2D eigenvalue weighted by Crippen LogP contribution is -2.59. The summed E-state index contributed by atoms with van der Waals surface area (Å²) in [5.74, 6) is -2.69. The molecule has 1 spiro atoms. The van der Waals surface area contributed by atoms with E-state index >= 15 is 0 Å². The predicted octanol–water partition coefficient (Wildman–Crippen LogP) is 1.23. The fourth-order valence-electron chi connectivity index (χ4n) is 5.34. The Morgan fingerprint density at radius 1 is 1.40 bits per heavy atom. The summed E-state index contributed by atoms with van der Waals surface area (Å²) in [5.41, 5.74) is -1.11. The molecule has 0 saturated carbocycles. The standard InChI is InChI=1S/C21H33BrN2O6/c1-5-7-8-23-18(26)17-21-9-12(22)16(30-21)14(20(28)29-6-2)15(21)19(27)24(17)13(10-25)11(3)4/h11-17,25H,5-10H2,1-4H3,(H,23,26)/t12?,13-,14+,15-,16+,17?,21?/m0/s1. The number of fused-ring (bicyclic) bond motifs is 1. The van der Waals surface area contributed by atoms with Crippen molar-refractivity contribution in [1.29, 1.82) is 0 Å². The Kier molecular flexibility index (Phi) is 7.14. The highest BCUT2D eigenvalue weighted by Crippen LogP contribution is 2.60. The van der Waals surface area contributed by atoms with Crippen LogP contribution >= 0.6 is 15.9 Å². The molecule has 3 saturated heterocycles. The molecule has 3 aliphatic heterocycles. The van der Waals surface area contributed by atoms with E-state index in [4.69, 9.17) is 9.47 Å². The Balaban J connectivity index is 2.04. The average Bonchev–Trinajstić information content (AvgIpc) is 3.27. The second kappa shape index (κ2) is 9.12. The van der Waals surface area contributed by atoms with Crippen LogP contribution in [0.1, 0.15) is 47.0 Å². The summed E-state index contributed by atoms with van der Waals surface area (Å²) in [7, 11) is 0. The maximum atomic E-state index is 13.7. The molecule has 30 heavy (non-hydrogen) atoms. The van der Waals surface area contributed by atoms with E-state index in [1.807, 2.05) is 20.8 Å². The van der Waals surface area contributed by atoms with Gasteiger partial charge in [0.1, 0.15) is 11.6 Å². The Morgan fingerprint density at radius 2 is 2.10 bits per heavy atom. The van der Waals surface area contributed by atoms with Crippen molar-refractivity contribution in [2.24, 2.45) is 17.8 Å². The molecule has 0 aromatic rings. The fourth-order valence-corrected chi connectivity index (χ4v) is 6.28. The minimum atomic E-state index is -1.11. The number of aliphatic hydroxyl groups excluding tert-OH is 1. The van der Waals surface area contributed by atoms with Gasteiger partial charge in [-0.3, -0.25) is 14.4 Å². The number of aliphatic hydroxyl groups is 1. The molecule has 2 amide bonds. The van der Waals surface area contributed by atoms with E-state index in [9.17, 15) is 19.5 Å². The number of hydrogen-bond acceptors (Lipinski definition) is 6. The van der Waals surface area contributed by atoms with Crippen LogP contribution in [-0.2, 0) is 23.9 Å². The number of esters is 1. The molecule has 7 atom stereocenters. The molecule has 170 valence electrons. The van der Waals surface area contributed by atoms with Gasteiger partial charge in [0.05, 0.1) is 37.2 Å². The number of carbonyl (C=O) groups is 3. The van der Waals surface area contributed by atoms with Gasteiger partial charge in [-0.15, -0.1) is 0 Å². The molecule has 0 aliphatic carbocycles. The van der Waals surface area contributed by atoms with Gasteiger partial charge in [0.15, 0.2) is 0 Å². The molecule has 0 aromatic carbocycles. The van der Waals surface area contributed by atoms with E-state index in [1.54, 1.807) is 6.92 Å². The molecule has 0 radical (unpaired) electrons. The number of nitrogens with one attached hydrogen (secondary N) is 1. The molecular formula is C21H33BrN2O6. The van der Waals surface area contributed by atoms with E-state index in [0.717, 1.165) is 12.8 Å². The van der Waals surface area contributed by atoms with E-state index in [1.165, 1.54) is 4.90 Å². The molecule has 3 heterocycles. The van der Waals surface area contributed by atoms with Crippen LogP contribution in [0.4, 0.5) is 0 Å². The Hall–Kier alpha value is -1.19. The van der Waals surface area contributed by atoms with Crippen molar-refractivity contribution >= 4 is 33.7 Å². The molecule has 3 fully saturated rings. The maximum absolute atomic E-state index is 13.7. The van der Waals surface area contributed by atoms with E-state index in [-0.39, 0.29) is 35.8 Å². The molecule has 3 rings (SSSR count). The highest BCUT2D eigenvalue weighted by Gasteiger charge is 2.77. The summed E-state index contributed by atoms with van der Waals surface area (Å²) in [6.45, 7) is 8.01. The Morgan fingerprint density at radius 3 is 2.67 bits per heavy atom. The predicted molar refractivity (Wildman–Crippen MR) is 113 cm³/mol. The molecular weight excluding hydrogens is 456 g/mol. The lowest BCUT2D eigenvalue weighted by Gasteiger charge is -2.38. The lowest BCUT2D eigenvalue weighted by molar-refractivity contribution is -0.155. The maximum Gasteiger partial charge on any atom is 0.312 e. The lowest BCUT2D eigenvalue weighted by atomic mass is 9.70. The van der Waals surface area contributed by atoms with Gasteiger partial charge in [-0.25, -0.2) is 0 Å². The first kappa shape index (κ1) is 23.5. The highest BCUT2D eigenvalue weighted by molar-refractivity contribution is 9.09. The Labute approximate surface area is 186 Å². The second-order valence-electron chi connectivity index (χ2n) is 8.80. The minimum absolute atomic E-state index is 0.0712. The summed E-state index contributed by atoms with van der Waals surface area (Å²) in [6, 6.07) is -1.44. The number of carbonyl (C=O) groups excluding carboxylic acids is 3. The number of unbranched alkanes of at least 4 members (excludes halogenated alkanes) is 1. The molecule has 9 heteroatoms. The van der Waals surface area contributed by atoms with Crippen molar-refractivity contribution in [2.45, 2.75) is 75.6 Å². The Bertz CT molecular complexity index is 688. The number of likely N-dealkylation sites (tertiary alicyclic amines) is 1. The van der Waals surface area contributed by atoms with Crippen LogP contribution in [0.25, 0.3) is 0 Å². The molecule has 3 aliphatic rings. The molecule has 3 unspecified atom stereocenters. The van der Waals surface area contributed by atoms with Crippen molar-refractivity contribution in [1.82, 2.24) is 10.2 Å². The van der Waals surface area contributed by atoms with Crippen molar-refractivity contribution in [2.75, 3.05) is 19.8 Å². The summed E-state index contributed by atoms with van der Waals surface area (Å²) < 4.78 is 11.6. The zero-order valence-electron chi connectivity index (χ0n) is 18.1. The van der Waals surface area contributed by atoms with Crippen molar-refractivity contribution in [3.63, 3.8) is 0 Å². The summed E-state index contributed by atoms with van der Waals surface area (Å²) in [6.07, 6.45) is 1.69. The minimum Gasteiger partial charge on any atom is -0.466 e. The zero-order chi connectivity index (χ0) is 22.2. The monoisotopic (exact) mass is 488 g/mol. The van der Waals surface area contributed by atoms with Crippen LogP contribution in [-0.4, -0.2) is 76.2 Å². The topological polar surface area (TPSA) is 105 Å². The molecule has 8 nitrogen and oxygen atoms in total. The van der Waals surface area contributed by atoms with Crippen LogP contribution in [0.2, 0.25) is 0 Å². The third-order valence-electron chi connectivity index (χ3n) is 6.68. The van der Waals surface area contributed by atoms with Crippen LogP contribution < -0.4 is 5.32 Å². The third-order valence-corrected chi connectivity index (χ3v) is 7.52. The number of nitrogens with zero attached hydrogens (tertiary/aromatic N) is 1. The van der Waals surface area contributed by atoms with Gasteiger partial charge in [-0.1, -0.05) is 43.1 Å². The smallest absolute Gasteiger partial charge is 0.312 e. The first-order valence-corrected chi connectivity index (χ1v) is 11.9. The SMILES string of the molecule is CCCCNC(=O)C1N([C@@H](CO)C(C)C)C(=O)[C@@H]2[C@@H](C(=O)OCC)[C@@H]3OC12CC3Br. The number of rotatable bonds is 9. The van der Waals surface area contributed by atoms with E-state index < -0.39 is 41.6 Å². The quantitative estimate of drug-likeness (QED) is 0.287. The molecule has 2 N–H and O–H groups in total. The van der Waals surface area contributed by atoms with Gasteiger partial charge in [-0.2, -0.15) is 0 Å². The zero-order valence-corrected chi connectivity index (χ0v) is 19.7. The number of amides is 2. The normalized spacial score (nSPS) is 35.6. The van der Waals surface area contributed by atoms with Crippen molar-refractivity contribution in [3.05, 3.63) is 0 Å². The summed E-state index contributed by atoms with van der Waals surface area (Å²) >= 11 is 3.61. The van der Waals surface area contributed by atoms with Crippen molar-refractivity contribution < 1.29 is 29.0 Å². The molecule has 0 aromatic heterocycles. The van der Waals surface area contributed by atoms with Gasteiger partial charge in [-0.05, 0) is 25.7 Å². The van der Waals surface area contributed by atoms with Gasteiger partial charge in [0.25, 0.3) is 0 Å². The van der Waals surface area contributed by atoms with Crippen LogP contribution in [0, 0.1) is 17.8 Å². The summed E-state index contributed by atoms with van der Waals surface area (Å²) in [4.78, 5) is 41.2. The van der Waals surface area contributed by atoms with E-state index in [2.05, 4.69) is 21.2 Å². The van der Waals surface area contributed by atoms with Crippen LogP contribution in [0.3, 0.4) is 0 Å². The number of ether oxygens (including phenoxy) is 2. The fraction of sp³-hybridized carbons (Fsp3) is 0.857. The van der Waals surface area contributed by atoms with Gasteiger partial charge < -0.3 is 24.8 Å². The van der Waals surface area contributed by atoms with Crippen LogP contribution in [0.5, 0.6) is 0 Å². The van der Waals surface area contributed by atoms with Crippen molar-refractivity contribution in [3.8, 4) is 0 Å². The van der Waals surface area contributed by atoms with E-state index in [0.29, 0.717) is 13.0 Å². The molecule has 2 bridgehead atoms. The summed E-state index contributed by atoms with van der Waals surface area (Å²) in [5, 5.41) is 13.0. The highest BCUT2D eigenvalue weighted by atomic mass is 79.9. The largest absolute Gasteiger partial charge is 0.466 e. The van der Waals surface area contributed by atoms with Gasteiger partial charge in [0, 0.05) is 11.4 Å². The number of alkyl halides is 1. The van der Waals surface area contributed by atoms with Crippen LogP contribution in [0.15, 0.2) is 0 Å². The second-order valence-corrected chi connectivity index (χ2v) is 9.98. The third kappa shape index (κ3) is 3.56. The first-order chi connectivity index (χ1) is 14.2.